The lowest BCUT2D eigenvalue weighted by Gasteiger charge is -2.35. The molecule has 0 spiro atoms. The number of carboxylic acids is 1. The highest BCUT2D eigenvalue weighted by atomic mass is 19.1. The summed E-state index contributed by atoms with van der Waals surface area (Å²) in [5.74, 6) is -1.30. The molecule has 0 bridgehead atoms. The first-order valence-corrected chi connectivity index (χ1v) is 11.3. The predicted octanol–water partition coefficient (Wildman–Crippen LogP) is 4.64. The third-order valence-corrected chi connectivity index (χ3v) is 6.22. The van der Waals surface area contributed by atoms with Crippen LogP contribution >= 0.6 is 0 Å². The van der Waals surface area contributed by atoms with Gasteiger partial charge in [-0.05, 0) is 41.2 Å². The Hall–Kier alpha value is -3.52. The topological polar surface area (TPSA) is 86.3 Å². The fourth-order valence-electron chi connectivity index (χ4n) is 4.37. The molecule has 0 saturated heterocycles. The third kappa shape index (κ3) is 5.34. The molecular weight excluding hydrogens is 438 g/mol. The van der Waals surface area contributed by atoms with Gasteiger partial charge in [0.25, 0.3) is 0 Å². The van der Waals surface area contributed by atoms with Gasteiger partial charge in [-0.15, -0.1) is 0 Å². The molecule has 34 heavy (non-hydrogen) atoms. The molecule has 8 heteroatoms. The van der Waals surface area contributed by atoms with Crippen molar-refractivity contribution in [2.24, 2.45) is 0 Å². The summed E-state index contributed by atoms with van der Waals surface area (Å²) >= 11 is 0. The van der Waals surface area contributed by atoms with E-state index in [2.05, 4.69) is 20.9 Å². The van der Waals surface area contributed by atoms with Gasteiger partial charge in [0.15, 0.2) is 0 Å². The molecule has 3 aromatic rings. The second-order valence-electron chi connectivity index (χ2n) is 8.75. The van der Waals surface area contributed by atoms with Crippen LogP contribution < -0.4 is 16.0 Å². The van der Waals surface area contributed by atoms with E-state index < -0.39 is 11.8 Å². The van der Waals surface area contributed by atoms with Gasteiger partial charge in [0, 0.05) is 19.2 Å². The van der Waals surface area contributed by atoms with E-state index in [9.17, 15) is 18.7 Å². The largest absolute Gasteiger partial charge is 0.481 e. The molecular formula is C26H28F2N4O2. The monoisotopic (exact) mass is 466 g/mol. The van der Waals surface area contributed by atoms with E-state index >= 15 is 0 Å². The van der Waals surface area contributed by atoms with Gasteiger partial charge in [-0.2, -0.15) is 0 Å². The van der Waals surface area contributed by atoms with Gasteiger partial charge >= 0.3 is 5.97 Å². The van der Waals surface area contributed by atoms with Crippen LogP contribution in [0.4, 0.5) is 20.3 Å². The van der Waals surface area contributed by atoms with Crippen LogP contribution in [0.25, 0.3) is 0 Å². The molecule has 178 valence electrons. The number of rotatable bonds is 8. The molecule has 0 fully saturated rings. The molecule has 0 unspecified atom stereocenters. The molecule has 0 amide bonds. The minimum atomic E-state index is -0.944. The van der Waals surface area contributed by atoms with Gasteiger partial charge in [0.2, 0.25) is 0 Å². The number of benzene rings is 2. The Kier molecular flexibility index (Phi) is 7.07. The number of aliphatic carboxylic acids is 1. The van der Waals surface area contributed by atoms with Crippen molar-refractivity contribution in [3.63, 3.8) is 0 Å². The maximum Gasteiger partial charge on any atom is 0.307 e. The smallest absolute Gasteiger partial charge is 0.307 e. The van der Waals surface area contributed by atoms with Crippen molar-refractivity contribution >= 4 is 17.5 Å². The summed E-state index contributed by atoms with van der Waals surface area (Å²) in [5, 5.41) is 19.4. The zero-order chi connectivity index (χ0) is 24.2. The van der Waals surface area contributed by atoms with E-state index in [1.54, 1.807) is 13.0 Å². The summed E-state index contributed by atoms with van der Waals surface area (Å²) in [7, 11) is 0. The molecule has 2 aromatic carbocycles. The molecule has 6 nitrogen and oxygen atoms in total. The van der Waals surface area contributed by atoms with Crippen LogP contribution in [0, 0.1) is 18.6 Å². The Morgan fingerprint density at radius 1 is 1.24 bits per heavy atom. The van der Waals surface area contributed by atoms with Crippen LogP contribution in [0.2, 0.25) is 0 Å². The highest BCUT2D eigenvalue weighted by Crippen LogP contribution is 2.30. The standard InChI is InChI=1S/C26H28F2N4O2/c1-15-8-21(28)20(9-18(15)10-24(33)34)16(2)12-30-25(17-6-4-3-5-7-17)23-14-29-22-11-19(27)13-31-26(22)32-23/h3-9,11,13,16,23,25,29-30H,10,12,14H2,1-2H3,(H,31,32)(H,33,34)/t16-,23+,25+/m0/s1. The molecule has 3 atom stereocenters. The summed E-state index contributed by atoms with van der Waals surface area (Å²) in [5.41, 5.74) is 3.40. The summed E-state index contributed by atoms with van der Waals surface area (Å²) in [6, 6.07) is 14.2. The minimum absolute atomic E-state index is 0.0921. The van der Waals surface area contributed by atoms with Crippen molar-refractivity contribution in [2.45, 2.75) is 38.3 Å². The average Bonchev–Trinajstić information content (AvgIpc) is 2.81. The van der Waals surface area contributed by atoms with Crippen LogP contribution in [-0.2, 0) is 11.2 Å². The predicted molar refractivity (Wildman–Crippen MR) is 128 cm³/mol. The van der Waals surface area contributed by atoms with Crippen molar-refractivity contribution in [2.75, 3.05) is 23.7 Å². The number of anilines is 2. The van der Waals surface area contributed by atoms with Gasteiger partial charge in [0.1, 0.15) is 17.5 Å². The number of pyridine rings is 1. The molecule has 1 aromatic heterocycles. The molecule has 0 radical (unpaired) electrons. The highest BCUT2D eigenvalue weighted by Gasteiger charge is 2.28. The fraction of sp³-hybridized carbons (Fsp3) is 0.308. The van der Waals surface area contributed by atoms with Crippen LogP contribution in [0.5, 0.6) is 0 Å². The van der Waals surface area contributed by atoms with Crippen molar-refractivity contribution in [3.05, 3.63) is 88.6 Å². The first-order chi connectivity index (χ1) is 16.3. The van der Waals surface area contributed by atoms with E-state index in [-0.39, 0.29) is 30.2 Å². The SMILES string of the molecule is Cc1cc(F)c([C@@H](C)CN[C@H](c2ccccc2)[C@H]2CNc3cc(F)cnc3N2)cc1CC(=O)O. The highest BCUT2D eigenvalue weighted by molar-refractivity contribution is 5.71. The molecule has 2 heterocycles. The molecule has 4 N–H and O–H groups in total. The van der Waals surface area contributed by atoms with Gasteiger partial charge in [-0.3, -0.25) is 4.79 Å². The number of aromatic nitrogens is 1. The molecule has 4 rings (SSSR count). The summed E-state index contributed by atoms with van der Waals surface area (Å²) in [6.07, 6.45) is 1.04. The lowest BCUT2D eigenvalue weighted by atomic mass is 9.93. The fourth-order valence-corrected chi connectivity index (χ4v) is 4.37. The summed E-state index contributed by atoms with van der Waals surface area (Å²) in [4.78, 5) is 15.4. The number of carboxylic acid groups (broad SMARTS) is 1. The number of hydrogen-bond acceptors (Lipinski definition) is 5. The molecule has 1 aliphatic rings. The second kappa shape index (κ2) is 10.2. The molecule has 1 aliphatic heterocycles. The number of hydrogen-bond donors (Lipinski definition) is 4. The zero-order valence-corrected chi connectivity index (χ0v) is 19.1. The Bertz CT molecular complexity index is 1170. The van der Waals surface area contributed by atoms with E-state index in [1.165, 1.54) is 18.3 Å². The quantitative estimate of drug-likeness (QED) is 0.387. The summed E-state index contributed by atoms with van der Waals surface area (Å²) < 4.78 is 28.3. The average molecular weight is 467 g/mol. The van der Waals surface area contributed by atoms with Gasteiger partial charge in [0.05, 0.1) is 30.4 Å². The Labute approximate surface area is 197 Å². The maximum atomic E-state index is 14.8. The first kappa shape index (κ1) is 23.6. The second-order valence-corrected chi connectivity index (χ2v) is 8.75. The number of aryl methyl sites for hydroxylation is 1. The zero-order valence-electron chi connectivity index (χ0n) is 19.1. The van der Waals surface area contributed by atoms with Crippen molar-refractivity contribution in [1.82, 2.24) is 10.3 Å². The Balaban J connectivity index is 1.54. The van der Waals surface area contributed by atoms with Crippen LogP contribution in [0.15, 0.2) is 54.7 Å². The summed E-state index contributed by atoms with van der Waals surface area (Å²) in [6.45, 7) is 4.65. The maximum absolute atomic E-state index is 14.8. The van der Waals surface area contributed by atoms with Crippen molar-refractivity contribution in [3.8, 4) is 0 Å². The van der Waals surface area contributed by atoms with Crippen LogP contribution in [0.3, 0.4) is 0 Å². The minimum Gasteiger partial charge on any atom is -0.481 e. The Morgan fingerprint density at radius 3 is 2.74 bits per heavy atom. The van der Waals surface area contributed by atoms with E-state index in [4.69, 9.17) is 0 Å². The van der Waals surface area contributed by atoms with Crippen molar-refractivity contribution < 1.29 is 18.7 Å². The van der Waals surface area contributed by atoms with Crippen LogP contribution in [0.1, 0.15) is 41.1 Å². The van der Waals surface area contributed by atoms with E-state index in [1.807, 2.05) is 37.3 Å². The lowest BCUT2D eigenvalue weighted by molar-refractivity contribution is -0.136. The van der Waals surface area contributed by atoms with Gasteiger partial charge in [-0.25, -0.2) is 13.8 Å². The molecule has 0 saturated carbocycles. The van der Waals surface area contributed by atoms with Gasteiger partial charge < -0.3 is 21.1 Å². The normalized spacial score (nSPS) is 16.6. The number of carbonyl (C=O) groups is 1. The van der Waals surface area contributed by atoms with Gasteiger partial charge in [-0.1, -0.05) is 43.3 Å². The number of nitrogens with zero attached hydrogens (tertiary/aromatic N) is 1. The third-order valence-electron chi connectivity index (χ3n) is 6.22. The van der Waals surface area contributed by atoms with E-state index in [0.717, 1.165) is 5.56 Å². The number of halogens is 2. The van der Waals surface area contributed by atoms with E-state index in [0.29, 0.717) is 41.3 Å². The first-order valence-electron chi connectivity index (χ1n) is 11.3. The molecule has 0 aliphatic carbocycles. The number of fused-ring (bicyclic) bond motifs is 1. The Morgan fingerprint density at radius 2 is 2.00 bits per heavy atom. The number of nitrogens with one attached hydrogen (secondary N) is 3. The lowest BCUT2D eigenvalue weighted by Crippen LogP contribution is -2.45. The van der Waals surface area contributed by atoms with Crippen LogP contribution in [-0.4, -0.2) is 35.2 Å². The van der Waals surface area contributed by atoms with Crippen molar-refractivity contribution in [1.29, 1.82) is 0 Å².